The Labute approximate surface area is 112 Å². The number of hydrogen-bond donors (Lipinski definition) is 1. The molecule has 0 spiro atoms. The zero-order valence-corrected chi connectivity index (χ0v) is 12.4. The van der Waals surface area contributed by atoms with Crippen molar-refractivity contribution < 1.29 is 4.74 Å². The Morgan fingerprint density at radius 1 is 1.11 bits per heavy atom. The summed E-state index contributed by atoms with van der Waals surface area (Å²) in [4.78, 5) is 0. The maximum absolute atomic E-state index is 5.31. The zero-order valence-electron chi connectivity index (χ0n) is 12.4. The van der Waals surface area contributed by atoms with Gasteiger partial charge in [0.05, 0.1) is 6.10 Å². The molecule has 102 valence electrons. The van der Waals surface area contributed by atoms with E-state index in [4.69, 9.17) is 4.74 Å². The molecule has 0 saturated carbocycles. The van der Waals surface area contributed by atoms with Crippen LogP contribution in [0.3, 0.4) is 0 Å². The largest absolute Gasteiger partial charge is 0.382 e. The summed E-state index contributed by atoms with van der Waals surface area (Å²) < 4.78 is 5.31. The number of methoxy groups -OCH3 is 1. The van der Waals surface area contributed by atoms with Crippen LogP contribution in [-0.2, 0) is 11.2 Å². The van der Waals surface area contributed by atoms with Crippen molar-refractivity contribution in [1.82, 2.24) is 5.32 Å². The van der Waals surface area contributed by atoms with Gasteiger partial charge in [-0.05, 0) is 52.6 Å². The highest BCUT2D eigenvalue weighted by molar-refractivity contribution is 5.29. The van der Waals surface area contributed by atoms with E-state index < -0.39 is 0 Å². The number of hydrogen-bond acceptors (Lipinski definition) is 2. The Kier molecular flexibility index (Phi) is 6.37. The van der Waals surface area contributed by atoms with Gasteiger partial charge in [0.1, 0.15) is 0 Å². The van der Waals surface area contributed by atoms with E-state index in [0.717, 1.165) is 19.3 Å². The number of nitrogens with one attached hydrogen (secondary N) is 1. The molecule has 18 heavy (non-hydrogen) atoms. The maximum atomic E-state index is 5.31. The van der Waals surface area contributed by atoms with E-state index >= 15 is 0 Å². The number of ether oxygens (including phenoxy) is 1. The van der Waals surface area contributed by atoms with Crippen LogP contribution in [-0.4, -0.2) is 26.3 Å². The second-order valence-corrected chi connectivity index (χ2v) is 5.31. The van der Waals surface area contributed by atoms with Gasteiger partial charge in [-0.15, -0.1) is 0 Å². The van der Waals surface area contributed by atoms with Gasteiger partial charge in [0, 0.05) is 13.2 Å². The Bertz CT molecular complexity index is 342. The molecule has 1 N–H and O–H groups in total. The van der Waals surface area contributed by atoms with Crippen molar-refractivity contribution in [3.05, 3.63) is 34.9 Å². The Balaban J connectivity index is 2.56. The van der Waals surface area contributed by atoms with Gasteiger partial charge in [-0.25, -0.2) is 0 Å². The van der Waals surface area contributed by atoms with Crippen LogP contribution in [0.4, 0.5) is 0 Å². The summed E-state index contributed by atoms with van der Waals surface area (Å²) in [7, 11) is 3.83. The predicted octanol–water partition coefficient (Wildman–Crippen LogP) is 3.25. The molecule has 1 aromatic rings. The third-order valence-corrected chi connectivity index (χ3v) is 3.50. The highest BCUT2D eigenvalue weighted by Crippen LogP contribution is 2.14. The quantitative estimate of drug-likeness (QED) is 0.801. The molecule has 0 radical (unpaired) electrons. The summed E-state index contributed by atoms with van der Waals surface area (Å²) in [5.41, 5.74) is 4.13. The summed E-state index contributed by atoms with van der Waals surface area (Å²) in [5, 5.41) is 3.41. The first-order valence-corrected chi connectivity index (χ1v) is 6.82. The third kappa shape index (κ3) is 5.19. The van der Waals surface area contributed by atoms with Crippen molar-refractivity contribution in [3.63, 3.8) is 0 Å². The number of rotatable bonds is 7. The summed E-state index contributed by atoms with van der Waals surface area (Å²) in [5.74, 6) is 0. The number of aryl methyl sites for hydroxylation is 2. The molecular formula is C16H27NO. The average Bonchev–Trinajstić information content (AvgIpc) is 2.32. The fourth-order valence-corrected chi connectivity index (χ4v) is 2.37. The van der Waals surface area contributed by atoms with Crippen LogP contribution in [0.5, 0.6) is 0 Å². The summed E-state index contributed by atoms with van der Waals surface area (Å²) in [6, 6.07) is 7.34. The second-order valence-electron chi connectivity index (χ2n) is 5.31. The van der Waals surface area contributed by atoms with Crippen molar-refractivity contribution in [1.29, 1.82) is 0 Å². The lowest BCUT2D eigenvalue weighted by atomic mass is 9.98. The van der Waals surface area contributed by atoms with E-state index in [0.29, 0.717) is 12.1 Å². The molecule has 0 aliphatic carbocycles. The van der Waals surface area contributed by atoms with Crippen LogP contribution >= 0.6 is 0 Å². The fourth-order valence-electron chi connectivity index (χ4n) is 2.37. The van der Waals surface area contributed by atoms with Crippen molar-refractivity contribution in [3.8, 4) is 0 Å². The highest BCUT2D eigenvalue weighted by atomic mass is 16.5. The molecule has 0 aliphatic rings. The van der Waals surface area contributed by atoms with Crippen LogP contribution in [0.25, 0.3) is 0 Å². The van der Waals surface area contributed by atoms with E-state index in [1.165, 1.54) is 16.7 Å². The van der Waals surface area contributed by atoms with Crippen LogP contribution in [0.15, 0.2) is 18.2 Å². The summed E-state index contributed by atoms with van der Waals surface area (Å²) >= 11 is 0. The predicted molar refractivity (Wildman–Crippen MR) is 78.2 cm³/mol. The molecule has 2 atom stereocenters. The molecule has 2 heteroatoms. The molecule has 0 saturated heterocycles. The van der Waals surface area contributed by atoms with E-state index in [1.807, 2.05) is 7.05 Å². The van der Waals surface area contributed by atoms with E-state index in [2.05, 4.69) is 44.3 Å². The minimum Gasteiger partial charge on any atom is -0.382 e. The van der Waals surface area contributed by atoms with Gasteiger partial charge in [0.2, 0.25) is 0 Å². The maximum Gasteiger partial charge on any atom is 0.0543 e. The van der Waals surface area contributed by atoms with E-state index in [9.17, 15) is 0 Å². The first-order valence-electron chi connectivity index (χ1n) is 6.82. The molecule has 0 aromatic heterocycles. The number of likely N-dealkylation sites (N-methyl/N-ethyl adjacent to an activating group) is 1. The molecule has 1 rings (SSSR count). The Hall–Kier alpha value is -0.860. The van der Waals surface area contributed by atoms with Crippen LogP contribution in [0, 0.1) is 13.8 Å². The standard InChI is InChI=1S/C16H27NO/c1-12-8-13(2)10-15(9-12)11-16(17-4)7-6-14(3)18-5/h8-10,14,16-17H,6-7,11H2,1-5H3. The van der Waals surface area contributed by atoms with Crippen LogP contribution in [0.1, 0.15) is 36.5 Å². The molecule has 0 bridgehead atoms. The monoisotopic (exact) mass is 249 g/mol. The zero-order chi connectivity index (χ0) is 13.5. The Morgan fingerprint density at radius 2 is 1.72 bits per heavy atom. The average molecular weight is 249 g/mol. The van der Waals surface area contributed by atoms with Crippen molar-refractivity contribution in [2.45, 2.75) is 52.2 Å². The van der Waals surface area contributed by atoms with Gasteiger partial charge >= 0.3 is 0 Å². The lowest BCUT2D eigenvalue weighted by molar-refractivity contribution is 0.106. The van der Waals surface area contributed by atoms with E-state index in [1.54, 1.807) is 7.11 Å². The first-order chi connectivity index (χ1) is 8.55. The van der Waals surface area contributed by atoms with Gasteiger partial charge in [-0.2, -0.15) is 0 Å². The smallest absolute Gasteiger partial charge is 0.0543 e. The number of benzene rings is 1. The first kappa shape index (κ1) is 15.2. The van der Waals surface area contributed by atoms with Crippen LogP contribution < -0.4 is 5.32 Å². The van der Waals surface area contributed by atoms with Crippen LogP contribution in [0.2, 0.25) is 0 Å². The minimum atomic E-state index is 0.347. The molecule has 1 aromatic carbocycles. The summed E-state index contributed by atoms with van der Waals surface area (Å²) in [6.45, 7) is 6.46. The minimum absolute atomic E-state index is 0.347. The van der Waals surface area contributed by atoms with E-state index in [-0.39, 0.29) is 0 Å². The van der Waals surface area contributed by atoms with Gasteiger partial charge < -0.3 is 10.1 Å². The molecular weight excluding hydrogens is 222 g/mol. The third-order valence-electron chi connectivity index (χ3n) is 3.50. The second kappa shape index (κ2) is 7.55. The molecule has 0 aliphatic heterocycles. The van der Waals surface area contributed by atoms with Gasteiger partial charge in [-0.3, -0.25) is 0 Å². The molecule has 0 heterocycles. The SMILES string of the molecule is CNC(CCC(C)OC)Cc1cc(C)cc(C)c1. The lowest BCUT2D eigenvalue weighted by Crippen LogP contribution is -2.28. The van der Waals surface area contributed by atoms with Gasteiger partial charge in [0.15, 0.2) is 0 Å². The van der Waals surface area contributed by atoms with Gasteiger partial charge in [0.25, 0.3) is 0 Å². The fraction of sp³-hybridized carbons (Fsp3) is 0.625. The Morgan fingerprint density at radius 3 is 2.22 bits per heavy atom. The molecule has 2 nitrogen and oxygen atoms in total. The molecule has 2 unspecified atom stereocenters. The van der Waals surface area contributed by atoms with Crippen molar-refractivity contribution in [2.75, 3.05) is 14.2 Å². The normalized spacial score (nSPS) is 14.5. The van der Waals surface area contributed by atoms with Crippen molar-refractivity contribution >= 4 is 0 Å². The highest BCUT2D eigenvalue weighted by Gasteiger charge is 2.10. The summed E-state index contributed by atoms with van der Waals surface area (Å²) in [6.07, 6.45) is 3.70. The van der Waals surface area contributed by atoms with Gasteiger partial charge in [-0.1, -0.05) is 29.3 Å². The van der Waals surface area contributed by atoms with Crippen molar-refractivity contribution in [2.24, 2.45) is 0 Å². The topological polar surface area (TPSA) is 21.3 Å². The molecule has 0 fully saturated rings. The lowest BCUT2D eigenvalue weighted by Gasteiger charge is -2.19. The molecule has 0 amide bonds.